The second-order valence-electron chi connectivity index (χ2n) is 6.07. The van der Waals surface area contributed by atoms with Gasteiger partial charge in [0.05, 0.1) is 11.7 Å². The number of carbonyl (C=O) groups excluding carboxylic acids is 1. The molecule has 1 amide bonds. The van der Waals surface area contributed by atoms with Crippen LogP contribution in [0.25, 0.3) is 10.2 Å². The van der Waals surface area contributed by atoms with Crippen LogP contribution >= 0.6 is 11.3 Å². The topological polar surface area (TPSA) is 64.0 Å². The zero-order valence-electron chi connectivity index (χ0n) is 12.7. The van der Waals surface area contributed by atoms with Gasteiger partial charge in [-0.05, 0) is 30.2 Å². The van der Waals surface area contributed by atoms with Crippen molar-refractivity contribution in [3.8, 4) is 0 Å². The van der Waals surface area contributed by atoms with Gasteiger partial charge in [-0.15, -0.1) is 11.3 Å². The predicted octanol–water partition coefficient (Wildman–Crippen LogP) is 2.54. The molecule has 5 nitrogen and oxygen atoms in total. The van der Waals surface area contributed by atoms with Crippen molar-refractivity contribution in [3.05, 3.63) is 28.1 Å². The summed E-state index contributed by atoms with van der Waals surface area (Å²) in [6, 6.07) is 2.07. The van der Waals surface area contributed by atoms with E-state index in [0.29, 0.717) is 24.3 Å². The zero-order chi connectivity index (χ0) is 15.5. The normalized spacial score (nSPS) is 21.9. The van der Waals surface area contributed by atoms with Gasteiger partial charge in [-0.25, -0.2) is 4.98 Å². The Morgan fingerprint density at radius 1 is 1.45 bits per heavy atom. The van der Waals surface area contributed by atoms with Gasteiger partial charge in [-0.3, -0.25) is 14.2 Å². The fourth-order valence-electron chi connectivity index (χ4n) is 3.08. The van der Waals surface area contributed by atoms with E-state index in [4.69, 9.17) is 0 Å². The Balaban J connectivity index is 1.60. The largest absolute Gasteiger partial charge is 0.353 e. The fourth-order valence-corrected chi connectivity index (χ4v) is 3.81. The minimum Gasteiger partial charge on any atom is -0.353 e. The first-order valence-electron chi connectivity index (χ1n) is 7.87. The molecule has 0 bridgehead atoms. The van der Waals surface area contributed by atoms with E-state index in [1.165, 1.54) is 41.5 Å². The van der Waals surface area contributed by atoms with Crippen molar-refractivity contribution in [2.45, 2.75) is 51.6 Å². The highest BCUT2D eigenvalue weighted by Gasteiger charge is 2.22. The van der Waals surface area contributed by atoms with Crippen LogP contribution in [0.4, 0.5) is 0 Å². The Kier molecular flexibility index (Phi) is 4.57. The lowest BCUT2D eigenvalue weighted by Gasteiger charge is -2.29. The van der Waals surface area contributed by atoms with Crippen molar-refractivity contribution >= 4 is 27.5 Å². The first kappa shape index (κ1) is 15.2. The number of nitrogens with zero attached hydrogens (tertiary/aromatic N) is 2. The minimum atomic E-state index is -0.0647. The number of hydrogen-bond donors (Lipinski definition) is 1. The molecular formula is C16H21N3O2S. The molecule has 2 heterocycles. The number of hydrogen-bond acceptors (Lipinski definition) is 4. The lowest BCUT2D eigenvalue weighted by atomic mass is 9.86. The molecule has 0 unspecified atom stereocenters. The quantitative estimate of drug-likeness (QED) is 0.942. The lowest BCUT2D eigenvalue weighted by molar-refractivity contribution is -0.122. The lowest BCUT2D eigenvalue weighted by Crippen LogP contribution is -2.41. The number of carbonyl (C=O) groups is 1. The number of fused-ring (bicyclic) bond motifs is 1. The molecule has 2 aromatic heterocycles. The SMILES string of the molecule is C[C@H]1CCCC[C@@H]1NC(=O)CCn1cnc2sccc2c1=O. The van der Waals surface area contributed by atoms with Gasteiger partial charge in [-0.1, -0.05) is 19.8 Å². The molecule has 3 rings (SSSR count). The maximum absolute atomic E-state index is 12.2. The van der Waals surface area contributed by atoms with Crippen molar-refractivity contribution in [2.24, 2.45) is 5.92 Å². The van der Waals surface area contributed by atoms with Crippen LogP contribution in [-0.2, 0) is 11.3 Å². The summed E-state index contributed by atoms with van der Waals surface area (Å²) >= 11 is 1.45. The van der Waals surface area contributed by atoms with Crippen LogP contribution in [-0.4, -0.2) is 21.5 Å². The highest BCUT2D eigenvalue weighted by Crippen LogP contribution is 2.23. The van der Waals surface area contributed by atoms with Gasteiger partial charge < -0.3 is 5.32 Å². The fraction of sp³-hybridized carbons (Fsp3) is 0.562. The molecule has 0 radical (unpaired) electrons. The van der Waals surface area contributed by atoms with Gasteiger partial charge in [0.1, 0.15) is 4.83 Å². The van der Waals surface area contributed by atoms with E-state index >= 15 is 0 Å². The molecule has 22 heavy (non-hydrogen) atoms. The third kappa shape index (κ3) is 3.21. The third-order valence-corrected chi connectivity index (χ3v) is 5.31. The van der Waals surface area contributed by atoms with Crippen molar-refractivity contribution < 1.29 is 4.79 Å². The van der Waals surface area contributed by atoms with Gasteiger partial charge in [-0.2, -0.15) is 0 Å². The molecule has 6 heteroatoms. The van der Waals surface area contributed by atoms with Gasteiger partial charge >= 0.3 is 0 Å². The van der Waals surface area contributed by atoms with Crippen molar-refractivity contribution in [3.63, 3.8) is 0 Å². The third-order valence-electron chi connectivity index (χ3n) is 4.49. The van der Waals surface area contributed by atoms with E-state index in [1.54, 1.807) is 6.07 Å². The molecule has 0 saturated heterocycles. The van der Waals surface area contributed by atoms with Crippen molar-refractivity contribution in [1.82, 2.24) is 14.9 Å². The average Bonchev–Trinajstić information content (AvgIpc) is 2.98. The van der Waals surface area contributed by atoms with Gasteiger partial charge in [0.15, 0.2) is 0 Å². The van der Waals surface area contributed by atoms with Gasteiger partial charge in [0.25, 0.3) is 5.56 Å². The van der Waals surface area contributed by atoms with E-state index in [0.717, 1.165) is 11.3 Å². The monoisotopic (exact) mass is 319 g/mol. The van der Waals surface area contributed by atoms with Crippen LogP contribution < -0.4 is 10.9 Å². The maximum atomic E-state index is 12.2. The molecule has 1 aliphatic carbocycles. The van der Waals surface area contributed by atoms with E-state index in [2.05, 4.69) is 17.2 Å². The number of aromatic nitrogens is 2. The zero-order valence-corrected chi connectivity index (χ0v) is 13.6. The van der Waals surface area contributed by atoms with Crippen molar-refractivity contribution in [2.75, 3.05) is 0 Å². The van der Waals surface area contributed by atoms with Crippen molar-refractivity contribution in [1.29, 1.82) is 0 Å². The molecule has 118 valence electrons. The number of amides is 1. The highest BCUT2D eigenvalue weighted by atomic mass is 32.1. The van der Waals surface area contributed by atoms with Crippen LogP contribution in [0, 0.1) is 5.92 Å². The number of aryl methyl sites for hydroxylation is 1. The first-order valence-corrected chi connectivity index (χ1v) is 8.75. The number of rotatable bonds is 4. The van der Waals surface area contributed by atoms with Gasteiger partial charge in [0, 0.05) is 19.0 Å². The average molecular weight is 319 g/mol. The second-order valence-corrected chi connectivity index (χ2v) is 6.96. The Bertz CT molecular complexity index is 721. The summed E-state index contributed by atoms with van der Waals surface area (Å²) in [6.07, 6.45) is 6.55. The highest BCUT2D eigenvalue weighted by molar-refractivity contribution is 7.16. The Morgan fingerprint density at radius 2 is 2.27 bits per heavy atom. The van der Waals surface area contributed by atoms with E-state index in [1.807, 2.05) is 5.38 Å². The molecule has 1 N–H and O–H groups in total. The van der Waals surface area contributed by atoms with Crippen LogP contribution in [0.3, 0.4) is 0 Å². The summed E-state index contributed by atoms with van der Waals surface area (Å²) in [5.74, 6) is 0.570. The van der Waals surface area contributed by atoms with Crippen LogP contribution in [0.2, 0.25) is 0 Å². The summed E-state index contributed by atoms with van der Waals surface area (Å²) in [4.78, 5) is 29.4. The summed E-state index contributed by atoms with van der Waals surface area (Å²) in [5, 5.41) is 5.61. The number of thiophene rings is 1. The van der Waals surface area contributed by atoms with Crippen LogP contribution in [0.1, 0.15) is 39.0 Å². The van der Waals surface area contributed by atoms with Gasteiger partial charge in [0.2, 0.25) is 5.91 Å². The molecular weight excluding hydrogens is 298 g/mol. The summed E-state index contributed by atoms with van der Waals surface area (Å²) in [5.41, 5.74) is -0.0647. The van der Waals surface area contributed by atoms with E-state index in [-0.39, 0.29) is 17.5 Å². The predicted molar refractivity (Wildman–Crippen MR) is 88.1 cm³/mol. The second kappa shape index (κ2) is 6.60. The molecule has 2 aromatic rings. The molecule has 0 aliphatic heterocycles. The molecule has 1 aliphatic rings. The Labute approximate surface area is 133 Å². The van der Waals surface area contributed by atoms with Crippen LogP contribution in [0.15, 0.2) is 22.6 Å². The van der Waals surface area contributed by atoms with E-state index in [9.17, 15) is 9.59 Å². The van der Waals surface area contributed by atoms with Crippen LogP contribution in [0.5, 0.6) is 0 Å². The summed E-state index contributed by atoms with van der Waals surface area (Å²) in [6.45, 7) is 2.58. The minimum absolute atomic E-state index is 0.0241. The molecule has 2 atom stereocenters. The summed E-state index contributed by atoms with van der Waals surface area (Å²) < 4.78 is 1.53. The van der Waals surface area contributed by atoms with E-state index < -0.39 is 0 Å². The molecule has 1 fully saturated rings. The number of nitrogens with one attached hydrogen (secondary N) is 1. The Hall–Kier alpha value is -1.69. The molecule has 0 aromatic carbocycles. The maximum Gasteiger partial charge on any atom is 0.262 e. The smallest absolute Gasteiger partial charge is 0.262 e. The summed E-state index contributed by atoms with van der Waals surface area (Å²) in [7, 11) is 0. The Morgan fingerprint density at radius 3 is 3.09 bits per heavy atom. The standard InChI is InChI=1S/C16H21N3O2S/c1-11-4-2-3-5-13(11)18-14(20)6-8-19-10-17-15-12(16(19)21)7-9-22-15/h7,9-11,13H,2-6,8H2,1H3,(H,18,20)/t11-,13-/m0/s1. The molecule has 0 spiro atoms. The first-order chi connectivity index (χ1) is 10.6. The molecule has 1 saturated carbocycles.